The lowest BCUT2D eigenvalue weighted by Crippen LogP contribution is -2.41. The van der Waals surface area contributed by atoms with E-state index in [4.69, 9.17) is 9.47 Å². The van der Waals surface area contributed by atoms with E-state index in [9.17, 15) is 5.11 Å². The van der Waals surface area contributed by atoms with E-state index in [0.29, 0.717) is 5.82 Å². The van der Waals surface area contributed by atoms with Crippen LogP contribution in [0.3, 0.4) is 0 Å². The van der Waals surface area contributed by atoms with Crippen LogP contribution in [-0.2, 0) is 21.6 Å². The van der Waals surface area contributed by atoms with Gasteiger partial charge in [-0.1, -0.05) is 0 Å². The summed E-state index contributed by atoms with van der Waals surface area (Å²) in [5, 5.41) is 10.3. The van der Waals surface area contributed by atoms with Gasteiger partial charge in [-0.15, -0.1) is 0 Å². The van der Waals surface area contributed by atoms with Gasteiger partial charge in [-0.2, -0.15) is 0 Å². The summed E-state index contributed by atoms with van der Waals surface area (Å²) in [6.45, 7) is 4.35. The molecule has 1 aromatic rings. The number of aromatic nitrogens is 2. The first-order valence-corrected chi connectivity index (χ1v) is 4.87. The quantitative estimate of drug-likeness (QED) is 0.734. The van der Waals surface area contributed by atoms with Gasteiger partial charge in [0, 0.05) is 33.2 Å². The smallest absolute Gasteiger partial charge is 0.192 e. The van der Waals surface area contributed by atoms with Crippen LogP contribution in [0.1, 0.15) is 19.7 Å². The van der Waals surface area contributed by atoms with Crippen LogP contribution >= 0.6 is 0 Å². The van der Waals surface area contributed by atoms with Crippen molar-refractivity contribution in [1.82, 2.24) is 9.55 Å². The van der Waals surface area contributed by atoms with Crippen LogP contribution in [0.2, 0.25) is 0 Å². The maximum atomic E-state index is 10.3. The summed E-state index contributed by atoms with van der Waals surface area (Å²) in [6, 6.07) is 0. The van der Waals surface area contributed by atoms with Crippen molar-refractivity contribution in [3.05, 3.63) is 18.2 Å². The maximum absolute atomic E-state index is 10.3. The zero-order chi connectivity index (χ0) is 11.5. The zero-order valence-electron chi connectivity index (χ0n) is 9.60. The summed E-state index contributed by atoms with van der Waals surface area (Å²) in [7, 11) is 2.98. The van der Waals surface area contributed by atoms with Crippen LogP contribution in [0, 0.1) is 0 Å². The number of imidazole rings is 1. The number of aryl methyl sites for hydroxylation is 1. The molecule has 1 aromatic heterocycles. The van der Waals surface area contributed by atoms with Gasteiger partial charge in [-0.05, 0) is 13.8 Å². The number of nitrogens with zero attached hydrogens (tertiary/aromatic N) is 2. The number of aliphatic hydroxyl groups is 1. The van der Waals surface area contributed by atoms with Crippen molar-refractivity contribution in [2.24, 2.45) is 0 Å². The zero-order valence-corrected chi connectivity index (χ0v) is 9.60. The molecule has 1 atom stereocenters. The van der Waals surface area contributed by atoms with Gasteiger partial charge >= 0.3 is 0 Å². The monoisotopic (exact) mass is 214 g/mol. The van der Waals surface area contributed by atoms with Crippen molar-refractivity contribution in [2.75, 3.05) is 14.2 Å². The Labute approximate surface area is 89.6 Å². The molecule has 15 heavy (non-hydrogen) atoms. The van der Waals surface area contributed by atoms with Crippen molar-refractivity contribution in [1.29, 1.82) is 0 Å². The molecule has 0 bridgehead atoms. The standard InChI is InChI=1S/C10H18N2O3/c1-5-12-7-6-11-8(12)10(2,13)9(14-3)15-4/h6-7,9,13H,5H2,1-4H3. The molecule has 0 radical (unpaired) electrons. The molecule has 1 N–H and O–H groups in total. The number of hydrogen-bond acceptors (Lipinski definition) is 4. The minimum absolute atomic E-state index is 0.540. The average Bonchev–Trinajstić information content (AvgIpc) is 2.67. The van der Waals surface area contributed by atoms with E-state index in [-0.39, 0.29) is 0 Å². The molecule has 86 valence electrons. The summed E-state index contributed by atoms with van der Waals surface area (Å²) in [6.07, 6.45) is 2.73. The summed E-state index contributed by atoms with van der Waals surface area (Å²) >= 11 is 0. The largest absolute Gasteiger partial charge is 0.377 e. The number of hydrogen-bond donors (Lipinski definition) is 1. The Balaban J connectivity index is 3.03. The average molecular weight is 214 g/mol. The number of rotatable bonds is 5. The fourth-order valence-electron chi connectivity index (χ4n) is 1.67. The molecule has 0 amide bonds. The second-order valence-corrected chi connectivity index (χ2v) is 3.49. The first-order valence-electron chi connectivity index (χ1n) is 4.87. The van der Waals surface area contributed by atoms with Crippen LogP contribution < -0.4 is 0 Å². The minimum Gasteiger partial charge on any atom is -0.377 e. The van der Waals surface area contributed by atoms with Crippen molar-refractivity contribution < 1.29 is 14.6 Å². The third-order valence-electron chi connectivity index (χ3n) is 2.40. The van der Waals surface area contributed by atoms with Gasteiger partial charge in [0.15, 0.2) is 11.9 Å². The highest BCUT2D eigenvalue weighted by molar-refractivity contribution is 5.04. The molecule has 0 aliphatic carbocycles. The van der Waals surface area contributed by atoms with E-state index in [1.165, 1.54) is 14.2 Å². The molecule has 1 heterocycles. The van der Waals surface area contributed by atoms with Gasteiger partial charge in [-0.25, -0.2) is 4.98 Å². The normalized spacial score (nSPS) is 15.6. The highest BCUT2D eigenvalue weighted by Gasteiger charge is 2.38. The van der Waals surface area contributed by atoms with E-state index in [2.05, 4.69) is 4.98 Å². The highest BCUT2D eigenvalue weighted by atomic mass is 16.7. The van der Waals surface area contributed by atoms with Crippen LogP contribution in [0.25, 0.3) is 0 Å². The van der Waals surface area contributed by atoms with Crippen molar-refractivity contribution >= 4 is 0 Å². The Kier molecular flexibility index (Phi) is 3.84. The Morgan fingerprint density at radius 1 is 1.53 bits per heavy atom. The van der Waals surface area contributed by atoms with Crippen LogP contribution in [0.15, 0.2) is 12.4 Å². The van der Waals surface area contributed by atoms with Crippen molar-refractivity contribution in [2.45, 2.75) is 32.3 Å². The predicted molar refractivity (Wildman–Crippen MR) is 55.3 cm³/mol. The SMILES string of the molecule is CCn1ccnc1C(C)(O)C(OC)OC. The van der Waals surface area contributed by atoms with E-state index in [1.54, 1.807) is 13.1 Å². The third-order valence-corrected chi connectivity index (χ3v) is 2.40. The van der Waals surface area contributed by atoms with Gasteiger partial charge in [-0.3, -0.25) is 0 Å². The number of methoxy groups -OCH3 is 2. The van der Waals surface area contributed by atoms with Gasteiger partial charge in [0.1, 0.15) is 5.82 Å². The van der Waals surface area contributed by atoms with E-state index in [1.807, 2.05) is 17.7 Å². The van der Waals surface area contributed by atoms with Crippen molar-refractivity contribution in [3.8, 4) is 0 Å². The predicted octanol–water partition coefficient (Wildman–Crippen LogP) is 0.729. The molecule has 0 aliphatic rings. The molecular formula is C10H18N2O3. The molecule has 5 nitrogen and oxygen atoms in total. The molecule has 0 fully saturated rings. The van der Waals surface area contributed by atoms with E-state index < -0.39 is 11.9 Å². The lowest BCUT2D eigenvalue weighted by molar-refractivity contribution is -0.216. The molecule has 0 aliphatic heterocycles. The fourth-order valence-corrected chi connectivity index (χ4v) is 1.67. The maximum Gasteiger partial charge on any atom is 0.192 e. The fraction of sp³-hybridized carbons (Fsp3) is 0.700. The van der Waals surface area contributed by atoms with E-state index in [0.717, 1.165) is 6.54 Å². The molecule has 1 rings (SSSR count). The summed E-state index contributed by atoms with van der Waals surface area (Å²) in [5.74, 6) is 0.540. The number of ether oxygens (including phenoxy) is 2. The summed E-state index contributed by atoms with van der Waals surface area (Å²) in [4.78, 5) is 4.13. The topological polar surface area (TPSA) is 56.5 Å². The molecule has 1 unspecified atom stereocenters. The van der Waals surface area contributed by atoms with E-state index >= 15 is 0 Å². The van der Waals surface area contributed by atoms with Crippen LogP contribution in [0.5, 0.6) is 0 Å². The molecule has 0 spiro atoms. The molecule has 0 aromatic carbocycles. The Morgan fingerprint density at radius 3 is 2.60 bits per heavy atom. The highest BCUT2D eigenvalue weighted by Crippen LogP contribution is 2.25. The van der Waals surface area contributed by atoms with Crippen LogP contribution in [0.4, 0.5) is 0 Å². The van der Waals surface area contributed by atoms with Gasteiger partial charge in [0.05, 0.1) is 0 Å². The lowest BCUT2D eigenvalue weighted by atomic mass is 10.1. The van der Waals surface area contributed by atoms with Crippen molar-refractivity contribution in [3.63, 3.8) is 0 Å². The Bertz CT molecular complexity index is 305. The first-order chi connectivity index (χ1) is 7.07. The van der Waals surface area contributed by atoms with Gasteiger partial charge in [0.2, 0.25) is 0 Å². The van der Waals surface area contributed by atoms with Gasteiger partial charge < -0.3 is 19.1 Å². The summed E-state index contributed by atoms with van der Waals surface area (Å²) < 4.78 is 12.0. The summed E-state index contributed by atoms with van der Waals surface area (Å²) in [5.41, 5.74) is -1.26. The second kappa shape index (κ2) is 4.74. The molecule has 5 heteroatoms. The Hall–Kier alpha value is -0.910. The molecule has 0 saturated carbocycles. The minimum atomic E-state index is -1.26. The first kappa shape index (κ1) is 12.2. The molecular weight excluding hydrogens is 196 g/mol. The Morgan fingerprint density at radius 2 is 2.13 bits per heavy atom. The van der Waals surface area contributed by atoms with Crippen LogP contribution in [-0.4, -0.2) is 35.2 Å². The van der Waals surface area contributed by atoms with Gasteiger partial charge in [0.25, 0.3) is 0 Å². The lowest BCUT2D eigenvalue weighted by Gasteiger charge is -2.30. The second-order valence-electron chi connectivity index (χ2n) is 3.49. The third kappa shape index (κ3) is 2.19. The molecule has 0 saturated heterocycles.